The van der Waals surface area contributed by atoms with E-state index in [0.29, 0.717) is 0 Å². The summed E-state index contributed by atoms with van der Waals surface area (Å²) in [5.41, 5.74) is 5.12. The molecule has 0 spiro atoms. The molecule has 4 nitrogen and oxygen atoms in total. The molecule has 0 heterocycles. The van der Waals surface area contributed by atoms with Crippen molar-refractivity contribution in [2.24, 2.45) is 0 Å². The molecule has 0 saturated carbocycles. The highest BCUT2D eigenvalue weighted by Gasteiger charge is 2.22. The minimum atomic E-state index is -4.13. The van der Waals surface area contributed by atoms with E-state index in [1.165, 1.54) is 0 Å². The molecule has 0 fully saturated rings. The fourth-order valence-corrected chi connectivity index (χ4v) is 2.38. The van der Waals surface area contributed by atoms with Crippen LogP contribution in [0.1, 0.15) is 13.3 Å². The molecule has 7 heteroatoms. The molecule has 0 aliphatic heterocycles. The number of rotatable bonds is 4. The number of halogens is 2. The first-order valence-corrected chi connectivity index (χ1v) is 6.50. The number of hydrogen-bond acceptors (Lipinski definition) is 3. The van der Waals surface area contributed by atoms with Crippen molar-refractivity contribution in [1.82, 2.24) is 4.72 Å². The summed E-state index contributed by atoms with van der Waals surface area (Å²) in [4.78, 5) is -0.801. The van der Waals surface area contributed by atoms with Crippen molar-refractivity contribution in [2.45, 2.75) is 18.2 Å². The van der Waals surface area contributed by atoms with Crippen molar-refractivity contribution in [3.8, 4) is 11.8 Å². The highest BCUT2D eigenvalue weighted by atomic mass is 32.2. The topological polar surface area (TPSA) is 72.2 Å². The summed E-state index contributed by atoms with van der Waals surface area (Å²) in [6, 6.07) is 1.59. The normalized spacial score (nSPS) is 10.8. The van der Waals surface area contributed by atoms with Gasteiger partial charge in [0.1, 0.15) is 4.90 Å². The Morgan fingerprint density at radius 2 is 2.06 bits per heavy atom. The van der Waals surface area contributed by atoms with Crippen molar-refractivity contribution in [3.63, 3.8) is 0 Å². The molecule has 1 rings (SSSR count). The van der Waals surface area contributed by atoms with Gasteiger partial charge in [0, 0.05) is 18.7 Å². The SMILES string of the molecule is CC#CCCNS(=O)(=O)c1cc(N)cc(F)c1F. The maximum absolute atomic E-state index is 13.4. The molecule has 1 aromatic rings. The van der Waals surface area contributed by atoms with Crippen molar-refractivity contribution in [2.75, 3.05) is 12.3 Å². The van der Waals surface area contributed by atoms with Crippen molar-refractivity contribution in [1.29, 1.82) is 0 Å². The van der Waals surface area contributed by atoms with Crippen LogP contribution in [0.5, 0.6) is 0 Å². The first-order valence-electron chi connectivity index (χ1n) is 5.02. The minimum absolute atomic E-state index is 0.0129. The molecule has 0 amide bonds. The fourth-order valence-electron chi connectivity index (χ4n) is 1.23. The lowest BCUT2D eigenvalue weighted by atomic mass is 10.3. The van der Waals surface area contributed by atoms with Gasteiger partial charge in [-0.05, 0) is 19.1 Å². The smallest absolute Gasteiger partial charge is 0.243 e. The summed E-state index contributed by atoms with van der Waals surface area (Å²) >= 11 is 0. The second-order valence-electron chi connectivity index (χ2n) is 3.39. The lowest BCUT2D eigenvalue weighted by molar-refractivity contribution is 0.484. The van der Waals surface area contributed by atoms with Crippen LogP contribution in [0.2, 0.25) is 0 Å². The van der Waals surface area contributed by atoms with Crippen LogP contribution in [0, 0.1) is 23.5 Å². The lowest BCUT2D eigenvalue weighted by Crippen LogP contribution is -2.26. The Kier molecular flexibility index (Phi) is 4.64. The summed E-state index contributed by atoms with van der Waals surface area (Å²) in [5, 5.41) is 0. The monoisotopic (exact) mass is 274 g/mol. The predicted octanol–water partition coefficient (Wildman–Crippen LogP) is 1.24. The molecule has 0 bridgehead atoms. The van der Waals surface area contributed by atoms with Gasteiger partial charge in [-0.3, -0.25) is 0 Å². The number of benzene rings is 1. The van der Waals surface area contributed by atoms with E-state index < -0.39 is 26.6 Å². The van der Waals surface area contributed by atoms with Crippen LogP contribution in [-0.2, 0) is 10.0 Å². The van der Waals surface area contributed by atoms with Crippen molar-refractivity contribution < 1.29 is 17.2 Å². The maximum Gasteiger partial charge on any atom is 0.243 e. The third kappa shape index (κ3) is 3.42. The van der Waals surface area contributed by atoms with Crippen LogP contribution in [-0.4, -0.2) is 15.0 Å². The average molecular weight is 274 g/mol. The van der Waals surface area contributed by atoms with Gasteiger partial charge < -0.3 is 5.73 Å². The zero-order valence-corrected chi connectivity index (χ0v) is 10.4. The molecule has 0 aliphatic carbocycles. The van der Waals surface area contributed by atoms with E-state index in [9.17, 15) is 17.2 Å². The van der Waals surface area contributed by atoms with E-state index in [2.05, 4.69) is 16.6 Å². The van der Waals surface area contributed by atoms with Gasteiger partial charge in [-0.15, -0.1) is 11.8 Å². The molecule has 0 aromatic heterocycles. The molecule has 0 radical (unpaired) electrons. The Bertz CT molecular complexity index is 603. The number of nitrogens with two attached hydrogens (primary N) is 1. The summed E-state index contributed by atoms with van der Waals surface area (Å²) in [6.45, 7) is 1.63. The van der Waals surface area contributed by atoms with Gasteiger partial charge in [-0.25, -0.2) is 21.9 Å². The Labute approximate surface area is 104 Å². The van der Waals surface area contributed by atoms with E-state index >= 15 is 0 Å². The molecule has 0 unspecified atom stereocenters. The molecule has 1 aromatic carbocycles. The van der Waals surface area contributed by atoms with Crippen molar-refractivity contribution in [3.05, 3.63) is 23.8 Å². The average Bonchev–Trinajstić information content (AvgIpc) is 2.29. The molecule has 0 aliphatic rings. The molecule has 0 saturated heterocycles. The van der Waals surface area contributed by atoms with Crippen LogP contribution >= 0.6 is 0 Å². The molecular formula is C11H12F2N2O2S. The Hall–Kier alpha value is -1.65. The fraction of sp³-hybridized carbons (Fsp3) is 0.273. The van der Waals surface area contributed by atoms with Crippen LogP contribution in [0.4, 0.5) is 14.5 Å². The van der Waals surface area contributed by atoms with Gasteiger partial charge in [0.15, 0.2) is 11.6 Å². The summed E-state index contributed by atoms with van der Waals surface area (Å²) in [7, 11) is -4.13. The minimum Gasteiger partial charge on any atom is -0.399 e. The highest BCUT2D eigenvalue weighted by molar-refractivity contribution is 7.89. The molecule has 3 N–H and O–H groups in total. The second kappa shape index (κ2) is 5.80. The largest absolute Gasteiger partial charge is 0.399 e. The first kappa shape index (κ1) is 14.4. The molecule has 18 heavy (non-hydrogen) atoms. The van der Waals surface area contributed by atoms with E-state index in [1.807, 2.05) is 0 Å². The van der Waals surface area contributed by atoms with Crippen LogP contribution < -0.4 is 10.5 Å². The number of anilines is 1. The van der Waals surface area contributed by atoms with Crippen LogP contribution in [0.15, 0.2) is 17.0 Å². The second-order valence-corrected chi connectivity index (χ2v) is 5.12. The third-order valence-corrected chi connectivity index (χ3v) is 3.49. The third-order valence-electron chi connectivity index (χ3n) is 2.03. The van der Waals surface area contributed by atoms with Gasteiger partial charge in [-0.2, -0.15) is 0 Å². The van der Waals surface area contributed by atoms with E-state index in [0.717, 1.165) is 12.1 Å². The predicted molar refractivity (Wildman–Crippen MR) is 64.0 cm³/mol. The number of nitrogen functional groups attached to an aromatic ring is 1. The quantitative estimate of drug-likeness (QED) is 0.493. The Morgan fingerprint density at radius 3 is 2.67 bits per heavy atom. The maximum atomic E-state index is 13.4. The zero-order chi connectivity index (χ0) is 13.8. The Morgan fingerprint density at radius 1 is 1.39 bits per heavy atom. The zero-order valence-electron chi connectivity index (χ0n) is 9.63. The lowest BCUT2D eigenvalue weighted by Gasteiger charge is -2.07. The van der Waals surface area contributed by atoms with E-state index in [-0.39, 0.29) is 18.7 Å². The van der Waals surface area contributed by atoms with E-state index in [4.69, 9.17) is 5.73 Å². The Balaban J connectivity index is 3.00. The summed E-state index contributed by atoms with van der Waals surface area (Å²) in [5.74, 6) is 2.48. The number of sulfonamides is 1. The summed E-state index contributed by atoms with van der Waals surface area (Å²) < 4.78 is 51.9. The van der Waals surface area contributed by atoms with Crippen LogP contribution in [0.3, 0.4) is 0 Å². The molecular weight excluding hydrogens is 262 g/mol. The number of nitrogens with one attached hydrogen (secondary N) is 1. The highest BCUT2D eigenvalue weighted by Crippen LogP contribution is 2.20. The van der Waals surface area contributed by atoms with Gasteiger partial charge in [-0.1, -0.05) is 0 Å². The van der Waals surface area contributed by atoms with Gasteiger partial charge in [0.05, 0.1) is 0 Å². The first-order chi connectivity index (χ1) is 8.38. The van der Waals surface area contributed by atoms with Gasteiger partial charge in [0.25, 0.3) is 0 Å². The van der Waals surface area contributed by atoms with Gasteiger partial charge in [0.2, 0.25) is 10.0 Å². The van der Waals surface area contributed by atoms with Crippen molar-refractivity contribution >= 4 is 15.7 Å². The molecule has 0 atom stereocenters. The van der Waals surface area contributed by atoms with Gasteiger partial charge >= 0.3 is 0 Å². The standard InChI is InChI=1S/C11H12F2N2O2S/c1-2-3-4-5-15-18(16,17)10-7-8(14)6-9(12)11(10)13/h6-7,15H,4-5,14H2,1H3. The van der Waals surface area contributed by atoms with Crippen LogP contribution in [0.25, 0.3) is 0 Å². The van der Waals surface area contributed by atoms with E-state index in [1.54, 1.807) is 6.92 Å². The summed E-state index contributed by atoms with van der Waals surface area (Å²) in [6.07, 6.45) is 0.280. The number of hydrogen-bond donors (Lipinski definition) is 2. The molecule has 98 valence electrons.